The highest BCUT2D eigenvalue weighted by Crippen LogP contribution is 2.41. The molecule has 1 aromatic carbocycles. The number of alkyl halides is 3. The van der Waals surface area contributed by atoms with E-state index in [2.05, 4.69) is 0 Å². The summed E-state index contributed by atoms with van der Waals surface area (Å²) >= 11 is 0. The minimum atomic E-state index is -4.76. The van der Waals surface area contributed by atoms with Crippen molar-refractivity contribution in [2.45, 2.75) is 20.0 Å². The van der Waals surface area contributed by atoms with Crippen LogP contribution in [0.2, 0.25) is 0 Å². The van der Waals surface area contributed by atoms with Crippen molar-refractivity contribution in [2.75, 3.05) is 6.61 Å². The summed E-state index contributed by atoms with van der Waals surface area (Å²) in [7, 11) is 0. The summed E-state index contributed by atoms with van der Waals surface area (Å²) < 4.78 is 43.2. The third-order valence-corrected chi connectivity index (χ3v) is 2.28. The molecule has 0 aliphatic heterocycles. The summed E-state index contributed by atoms with van der Waals surface area (Å²) in [5.41, 5.74) is -2.57. The number of rotatable bonds is 4. The van der Waals surface area contributed by atoms with Gasteiger partial charge in [0.2, 0.25) is 0 Å². The van der Waals surface area contributed by atoms with Crippen LogP contribution in [0.3, 0.4) is 0 Å². The Morgan fingerprint density at radius 3 is 2.37 bits per heavy atom. The molecule has 0 heterocycles. The zero-order valence-corrected chi connectivity index (χ0v) is 10.1. The fourth-order valence-corrected chi connectivity index (χ4v) is 1.58. The largest absolute Gasteiger partial charge is 0.492 e. The van der Waals surface area contributed by atoms with Gasteiger partial charge in [-0.15, -0.1) is 0 Å². The van der Waals surface area contributed by atoms with Gasteiger partial charge in [-0.25, -0.2) is 0 Å². The van der Waals surface area contributed by atoms with Crippen LogP contribution >= 0.6 is 0 Å². The van der Waals surface area contributed by atoms with Crippen LogP contribution in [0.5, 0.6) is 5.75 Å². The highest BCUT2D eigenvalue weighted by atomic mass is 19.4. The van der Waals surface area contributed by atoms with Gasteiger partial charge in [0.25, 0.3) is 5.69 Å². The maximum Gasteiger partial charge on any atom is 0.419 e. The molecule has 19 heavy (non-hydrogen) atoms. The predicted molar refractivity (Wildman–Crippen MR) is 59.3 cm³/mol. The van der Waals surface area contributed by atoms with E-state index in [4.69, 9.17) is 4.74 Å². The van der Waals surface area contributed by atoms with Crippen molar-refractivity contribution in [3.8, 4) is 5.75 Å². The highest BCUT2D eigenvalue weighted by Gasteiger charge is 2.38. The Hall–Kier alpha value is -2.12. The van der Waals surface area contributed by atoms with E-state index in [1.54, 1.807) is 0 Å². The second-order valence-electron chi connectivity index (χ2n) is 3.58. The number of nitrogens with zero attached hydrogens (tertiary/aromatic N) is 1. The first-order valence-electron chi connectivity index (χ1n) is 5.22. The van der Waals surface area contributed by atoms with E-state index in [0.717, 1.165) is 6.92 Å². The molecule has 0 atom stereocenters. The van der Waals surface area contributed by atoms with Crippen molar-refractivity contribution in [3.63, 3.8) is 0 Å². The number of Topliss-reactive ketones (excluding diaryl/α,β-unsaturated/α-hetero) is 1. The summed E-state index contributed by atoms with van der Waals surface area (Å²) in [6.07, 6.45) is -4.76. The van der Waals surface area contributed by atoms with Crippen LogP contribution in [0.1, 0.15) is 29.8 Å². The molecule has 0 radical (unpaired) electrons. The Kier molecular flexibility index (Phi) is 4.13. The van der Waals surface area contributed by atoms with Crippen molar-refractivity contribution in [1.82, 2.24) is 0 Å². The predicted octanol–water partition coefficient (Wildman–Crippen LogP) is 3.21. The SMILES string of the molecule is CCOc1c(C(F)(F)F)ccc([N+](=O)[O-])c1C(C)=O. The Labute approximate surface area is 106 Å². The molecule has 0 spiro atoms. The van der Waals surface area contributed by atoms with Gasteiger partial charge in [-0.3, -0.25) is 14.9 Å². The van der Waals surface area contributed by atoms with Crippen molar-refractivity contribution in [3.05, 3.63) is 33.4 Å². The minimum absolute atomic E-state index is 0.148. The average Bonchev–Trinajstić information content (AvgIpc) is 2.26. The van der Waals surface area contributed by atoms with Crippen LogP contribution in [0, 0.1) is 10.1 Å². The lowest BCUT2D eigenvalue weighted by molar-refractivity contribution is -0.385. The number of ketones is 1. The number of ether oxygens (including phenoxy) is 1. The molecule has 0 aromatic heterocycles. The molecule has 0 saturated heterocycles. The summed E-state index contributed by atoms with van der Waals surface area (Å²) in [5, 5.41) is 10.8. The molecule has 0 aliphatic carbocycles. The molecule has 0 N–H and O–H groups in total. The topological polar surface area (TPSA) is 69.4 Å². The van der Waals surface area contributed by atoms with E-state index in [0.29, 0.717) is 12.1 Å². The van der Waals surface area contributed by atoms with Crippen molar-refractivity contribution >= 4 is 11.5 Å². The first kappa shape index (κ1) is 14.9. The van der Waals surface area contributed by atoms with Crippen LogP contribution < -0.4 is 4.74 Å². The van der Waals surface area contributed by atoms with Gasteiger partial charge in [-0.1, -0.05) is 0 Å². The monoisotopic (exact) mass is 277 g/mol. The number of nitro benzene ring substituents is 1. The van der Waals surface area contributed by atoms with Gasteiger partial charge >= 0.3 is 6.18 Å². The zero-order chi connectivity index (χ0) is 14.8. The average molecular weight is 277 g/mol. The van der Waals surface area contributed by atoms with Gasteiger partial charge in [0.15, 0.2) is 5.78 Å². The Balaban J connectivity index is 3.68. The van der Waals surface area contributed by atoms with Gasteiger partial charge in [-0.2, -0.15) is 13.2 Å². The lowest BCUT2D eigenvalue weighted by Crippen LogP contribution is -2.13. The van der Waals surface area contributed by atoms with Crippen molar-refractivity contribution in [1.29, 1.82) is 0 Å². The molecule has 0 saturated carbocycles. The number of benzene rings is 1. The van der Waals surface area contributed by atoms with Crippen molar-refractivity contribution in [2.24, 2.45) is 0 Å². The van der Waals surface area contributed by atoms with Gasteiger partial charge in [-0.05, 0) is 19.9 Å². The highest BCUT2D eigenvalue weighted by molar-refractivity contribution is 6.01. The Morgan fingerprint density at radius 2 is 2.00 bits per heavy atom. The van der Waals surface area contributed by atoms with Gasteiger partial charge in [0, 0.05) is 6.07 Å². The number of hydrogen-bond acceptors (Lipinski definition) is 4. The van der Waals surface area contributed by atoms with E-state index in [1.807, 2.05) is 0 Å². The second kappa shape index (κ2) is 5.25. The molecular formula is C11H10F3NO4. The number of carbonyl (C=O) groups is 1. The van der Waals surface area contributed by atoms with E-state index >= 15 is 0 Å². The maximum atomic E-state index is 12.8. The maximum absolute atomic E-state index is 12.8. The summed E-state index contributed by atoms with van der Waals surface area (Å²) in [6.45, 7) is 2.22. The lowest BCUT2D eigenvalue weighted by atomic mass is 10.0. The molecule has 0 aliphatic rings. The summed E-state index contributed by atoms with van der Waals surface area (Å²) in [4.78, 5) is 21.2. The summed E-state index contributed by atoms with van der Waals surface area (Å²) in [6, 6.07) is 1.19. The molecule has 1 aromatic rings. The van der Waals surface area contributed by atoms with Crippen LogP contribution in [-0.4, -0.2) is 17.3 Å². The van der Waals surface area contributed by atoms with Crippen LogP contribution in [0.25, 0.3) is 0 Å². The van der Waals surface area contributed by atoms with Gasteiger partial charge in [0.1, 0.15) is 11.3 Å². The van der Waals surface area contributed by atoms with E-state index in [1.165, 1.54) is 6.92 Å². The fraction of sp³-hybridized carbons (Fsp3) is 0.364. The number of hydrogen-bond donors (Lipinski definition) is 0. The zero-order valence-electron chi connectivity index (χ0n) is 10.1. The molecule has 5 nitrogen and oxygen atoms in total. The number of nitro groups is 1. The fourth-order valence-electron chi connectivity index (χ4n) is 1.58. The molecule has 104 valence electrons. The van der Waals surface area contributed by atoms with Crippen molar-refractivity contribution < 1.29 is 27.6 Å². The molecule has 0 unspecified atom stereocenters. The number of halogens is 3. The minimum Gasteiger partial charge on any atom is -0.492 e. The Morgan fingerprint density at radius 1 is 1.42 bits per heavy atom. The molecule has 1 rings (SSSR count). The third kappa shape index (κ3) is 3.01. The Bertz CT molecular complexity index is 525. The molecule has 0 fully saturated rings. The molecule has 0 amide bonds. The molecular weight excluding hydrogens is 267 g/mol. The summed E-state index contributed by atoms with van der Waals surface area (Å²) in [5.74, 6) is -1.65. The van der Waals surface area contributed by atoms with Crippen LogP contribution in [0.15, 0.2) is 12.1 Å². The van der Waals surface area contributed by atoms with Gasteiger partial charge < -0.3 is 4.74 Å². The van der Waals surface area contributed by atoms with E-state index in [-0.39, 0.29) is 6.61 Å². The first-order chi connectivity index (χ1) is 8.70. The van der Waals surface area contributed by atoms with Crippen LogP contribution in [-0.2, 0) is 6.18 Å². The van der Waals surface area contributed by atoms with Crippen LogP contribution in [0.4, 0.5) is 18.9 Å². The molecule has 8 heteroatoms. The standard InChI is InChI=1S/C11H10F3NO4/c1-3-19-10-7(11(12,13)14)4-5-8(15(17)18)9(10)6(2)16/h4-5H,3H2,1-2H3. The van der Waals surface area contributed by atoms with E-state index < -0.39 is 39.4 Å². The smallest absolute Gasteiger partial charge is 0.419 e. The first-order valence-corrected chi connectivity index (χ1v) is 5.22. The number of carbonyl (C=O) groups excluding carboxylic acids is 1. The van der Waals surface area contributed by atoms with E-state index in [9.17, 15) is 28.1 Å². The second-order valence-corrected chi connectivity index (χ2v) is 3.58. The quantitative estimate of drug-likeness (QED) is 0.481. The normalized spacial score (nSPS) is 11.2. The molecule has 0 bridgehead atoms. The third-order valence-electron chi connectivity index (χ3n) is 2.28. The lowest BCUT2D eigenvalue weighted by Gasteiger charge is -2.15. The van der Waals surface area contributed by atoms with Gasteiger partial charge in [0.05, 0.1) is 17.1 Å².